The smallest absolute Gasteiger partial charge is 0.329 e. The number of benzene rings is 1. The van der Waals surface area contributed by atoms with E-state index in [2.05, 4.69) is 5.32 Å². The van der Waals surface area contributed by atoms with Crippen molar-refractivity contribution in [2.45, 2.75) is 50.7 Å². The van der Waals surface area contributed by atoms with E-state index in [1.54, 1.807) is 31.2 Å². The summed E-state index contributed by atoms with van der Waals surface area (Å²) >= 11 is 0. The van der Waals surface area contributed by atoms with Crippen LogP contribution in [0.2, 0.25) is 0 Å². The van der Waals surface area contributed by atoms with Crippen molar-refractivity contribution in [1.29, 1.82) is 5.26 Å². The highest BCUT2D eigenvalue weighted by Crippen LogP contribution is 2.29. The molecule has 1 amide bonds. The summed E-state index contributed by atoms with van der Waals surface area (Å²) in [5.41, 5.74) is -0.875. The first kappa shape index (κ1) is 16.8. The number of carbonyl (C=O) groups excluding carboxylic acids is 1. The first-order valence-electron chi connectivity index (χ1n) is 7.70. The minimum atomic E-state index is -1.21. The largest absolute Gasteiger partial charge is 0.480 e. The number of carboxylic acid groups (broad SMARTS) is 1. The van der Waals surface area contributed by atoms with Crippen molar-refractivity contribution in [3.63, 3.8) is 0 Å². The zero-order valence-corrected chi connectivity index (χ0v) is 13.0. The molecule has 1 aliphatic carbocycles. The lowest BCUT2D eigenvalue weighted by molar-refractivity contribution is -0.150. The minimum Gasteiger partial charge on any atom is -0.480 e. The lowest BCUT2D eigenvalue weighted by Crippen LogP contribution is -2.58. The quantitative estimate of drug-likeness (QED) is 0.867. The predicted molar refractivity (Wildman–Crippen MR) is 82.8 cm³/mol. The van der Waals surface area contributed by atoms with Crippen LogP contribution in [-0.4, -0.2) is 28.6 Å². The second-order valence-corrected chi connectivity index (χ2v) is 5.81. The van der Waals surface area contributed by atoms with E-state index in [9.17, 15) is 14.7 Å². The molecule has 6 nitrogen and oxygen atoms in total. The second-order valence-electron chi connectivity index (χ2n) is 5.81. The Morgan fingerprint density at radius 2 is 1.96 bits per heavy atom. The van der Waals surface area contributed by atoms with Gasteiger partial charge in [0.1, 0.15) is 17.4 Å². The molecule has 23 heavy (non-hydrogen) atoms. The van der Waals surface area contributed by atoms with Gasteiger partial charge in [-0.25, -0.2) is 4.79 Å². The maximum Gasteiger partial charge on any atom is 0.329 e. The minimum absolute atomic E-state index is 0.311. The SMILES string of the molecule is CC(Oc1ccccc1C#N)C(=O)NC1(C(=O)O)CCCCC1. The van der Waals surface area contributed by atoms with Crippen molar-refractivity contribution in [2.24, 2.45) is 0 Å². The van der Waals surface area contributed by atoms with E-state index in [0.717, 1.165) is 19.3 Å². The summed E-state index contributed by atoms with van der Waals surface area (Å²) in [4.78, 5) is 23.9. The number of carboxylic acids is 1. The van der Waals surface area contributed by atoms with Crippen LogP contribution in [0.25, 0.3) is 0 Å². The molecule has 1 fully saturated rings. The van der Waals surface area contributed by atoms with Gasteiger partial charge in [0.15, 0.2) is 6.10 Å². The van der Waals surface area contributed by atoms with Crippen LogP contribution in [-0.2, 0) is 9.59 Å². The highest BCUT2D eigenvalue weighted by atomic mass is 16.5. The third-order valence-corrected chi connectivity index (χ3v) is 4.16. The molecular weight excluding hydrogens is 296 g/mol. The third-order valence-electron chi connectivity index (χ3n) is 4.16. The lowest BCUT2D eigenvalue weighted by Gasteiger charge is -2.34. The van der Waals surface area contributed by atoms with Gasteiger partial charge in [0.25, 0.3) is 5.91 Å². The monoisotopic (exact) mass is 316 g/mol. The van der Waals surface area contributed by atoms with Crippen LogP contribution in [0, 0.1) is 11.3 Å². The van der Waals surface area contributed by atoms with Gasteiger partial charge in [-0.3, -0.25) is 4.79 Å². The van der Waals surface area contributed by atoms with Crippen molar-refractivity contribution in [2.75, 3.05) is 0 Å². The van der Waals surface area contributed by atoms with Gasteiger partial charge in [-0.1, -0.05) is 31.4 Å². The number of carbonyl (C=O) groups is 2. The summed E-state index contributed by atoms with van der Waals surface area (Å²) in [6.07, 6.45) is 2.50. The number of nitrogens with one attached hydrogen (secondary N) is 1. The van der Waals surface area contributed by atoms with E-state index in [1.165, 1.54) is 0 Å². The van der Waals surface area contributed by atoms with Crippen molar-refractivity contribution in [3.05, 3.63) is 29.8 Å². The molecule has 1 aliphatic rings. The third kappa shape index (κ3) is 3.81. The number of para-hydroxylation sites is 1. The molecule has 2 N–H and O–H groups in total. The Kier molecular flexibility index (Phi) is 5.22. The molecule has 122 valence electrons. The molecule has 1 unspecified atom stereocenters. The summed E-state index contributed by atoms with van der Waals surface area (Å²) in [5.74, 6) is -1.18. The normalized spacial score (nSPS) is 17.6. The zero-order chi connectivity index (χ0) is 16.9. The average molecular weight is 316 g/mol. The van der Waals surface area contributed by atoms with Crippen molar-refractivity contribution in [3.8, 4) is 11.8 Å². The van der Waals surface area contributed by atoms with Crippen LogP contribution in [0.3, 0.4) is 0 Å². The molecule has 0 radical (unpaired) electrons. The van der Waals surface area contributed by atoms with Gasteiger partial charge < -0.3 is 15.2 Å². The van der Waals surface area contributed by atoms with E-state index in [0.29, 0.717) is 24.2 Å². The number of nitrogens with zero attached hydrogens (tertiary/aromatic N) is 1. The molecule has 0 spiro atoms. The number of rotatable bonds is 5. The Hall–Kier alpha value is -2.55. The second kappa shape index (κ2) is 7.14. The van der Waals surface area contributed by atoms with E-state index in [-0.39, 0.29) is 0 Å². The van der Waals surface area contributed by atoms with Crippen LogP contribution >= 0.6 is 0 Å². The fraction of sp³-hybridized carbons (Fsp3) is 0.471. The number of ether oxygens (including phenoxy) is 1. The van der Waals surface area contributed by atoms with Crippen LogP contribution in [0.1, 0.15) is 44.6 Å². The maximum absolute atomic E-state index is 12.3. The van der Waals surface area contributed by atoms with Gasteiger partial charge in [0.05, 0.1) is 5.56 Å². The molecule has 0 aromatic heterocycles. The molecule has 0 heterocycles. The molecule has 0 saturated heterocycles. The standard InChI is InChI=1S/C17H20N2O4/c1-12(23-14-8-4-3-7-13(14)11-18)15(20)19-17(16(21)22)9-5-2-6-10-17/h3-4,7-8,12H,2,5-6,9-10H2,1H3,(H,19,20)(H,21,22). The Labute approximate surface area is 135 Å². The summed E-state index contributed by atoms with van der Waals surface area (Å²) < 4.78 is 5.54. The topological polar surface area (TPSA) is 99.4 Å². The Morgan fingerprint density at radius 3 is 2.57 bits per heavy atom. The average Bonchev–Trinajstić information content (AvgIpc) is 2.56. The van der Waals surface area contributed by atoms with Gasteiger partial charge in [-0.05, 0) is 31.9 Å². The Morgan fingerprint density at radius 1 is 1.30 bits per heavy atom. The van der Waals surface area contributed by atoms with E-state index < -0.39 is 23.5 Å². The van der Waals surface area contributed by atoms with Crippen molar-refractivity contribution < 1.29 is 19.4 Å². The highest BCUT2D eigenvalue weighted by molar-refractivity contribution is 5.89. The fourth-order valence-corrected chi connectivity index (χ4v) is 2.79. The summed E-state index contributed by atoms with van der Waals surface area (Å²) in [7, 11) is 0. The van der Waals surface area contributed by atoms with Crippen LogP contribution in [0.15, 0.2) is 24.3 Å². The van der Waals surface area contributed by atoms with E-state index in [4.69, 9.17) is 10.00 Å². The first-order chi connectivity index (χ1) is 11.0. The number of nitriles is 1. The van der Waals surface area contributed by atoms with E-state index >= 15 is 0 Å². The van der Waals surface area contributed by atoms with Gasteiger partial charge in [-0.2, -0.15) is 5.26 Å². The molecular formula is C17H20N2O4. The fourth-order valence-electron chi connectivity index (χ4n) is 2.79. The molecule has 0 aliphatic heterocycles. The summed E-state index contributed by atoms with van der Waals surface area (Å²) in [5, 5.41) is 21.2. The molecule has 1 atom stereocenters. The van der Waals surface area contributed by atoms with Gasteiger partial charge in [0, 0.05) is 0 Å². The Balaban J connectivity index is 2.07. The Bertz CT molecular complexity index is 630. The molecule has 1 aromatic rings. The molecule has 1 saturated carbocycles. The maximum atomic E-state index is 12.3. The summed E-state index contributed by atoms with van der Waals surface area (Å²) in [6, 6.07) is 8.62. The van der Waals surface area contributed by atoms with Crippen molar-refractivity contribution >= 4 is 11.9 Å². The molecule has 2 rings (SSSR count). The molecule has 0 bridgehead atoms. The van der Waals surface area contributed by atoms with Gasteiger partial charge in [0.2, 0.25) is 0 Å². The first-order valence-corrected chi connectivity index (χ1v) is 7.70. The van der Waals surface area contributed by atoms with E-state index in [1.807, 2.05) is 6.07 Å². The van der Waals surface area contributed by atoms with Crippen LogP contribution < -0.4 is 10.1 Å². The van der Waals surface area contributed by atoms with Gasteiger partial charge in [-0.15, -0.1) is 0 Å². The highest BCUT2D eigenvalue weighted by Gasteiger charge is 2.41. The predicted octanol–water partition coefficient (Wildman–Crippen LogP) is 2.23. The van der Waals surface area contributed by atoms with Crippen molar-refractivity contribution in [1.82, 2.24) is 5.32 Å². The van der Waals surface area contributed by atoms with Gasteiger partial charge >= 0.3 is 5.97 Å². The zero-order valence-electron chi connectivity index (χ0n) is 13.0. The van der Waals surface area contributed by atoms with Crippen LogP contribution in [0.5, 0.6) is 5.75 Å². The lowest BCUT2D eigenvalue weighted by atomic mass is 9.81. The number of hydrogen-bond donors (Lipinski definition) is 2. The molecule has 1 aromatic carbocycles. The number of amides is 1. The molecule has 6 heteroatoms. The van der Waals surface area contributed by atoms with Crippen LogP contribution in [0.4, 0.5) is 0 Å². The number of aliphatic carboxylic acids is 1. The number of hydrogen-bond acceptors (Lipinski definition) is 4. The summed E-state index contributed by atoms with van der Waals surface area (Å²) in [6.45, 7) is 1.54.